The number of anilines is 9. The zero-order valence-electron chi connectivity index (χ0n) is 36.1. The maximum absolute atomic E-state index is 2.46. The standard InChI is InChI=1S/C62H47N3/c1-5-25-49(26-6-1)63(50-27-7-2-8-28-50)53-33-19-34-54(44-53)64(51-29-9-3-10-30-51)55-35-20-36-56(45-55)65(52-31-11-4-12-32-52)62-41-21-40-60-59-39-18-14-23-47(59)42-46-22-13-16-37-57(46)58-38-17-15-24-48(58)43-61(60)62/h1-41,44-45H,42-43H2. The van der Waals surface area contributed by atoms with E-state index in [1.165, 1.54) is 44.5 Å². The number of hydrogen-bond donors (Lipinski definition) is 0. The summed E-state index contributed by atoms with van der Waals surface area (Å²) in [6.07, 6.45) is 1.61. The molecule has 0 radical (unpaired) electrons. The van der Waals surface area contributed by atoms with Crippen molar-refractivity contribution in [1.82, 2.24) is 0 Å². The van der Waals surface area contributed by atoms with Crippen molar-refractivity contribution in [3.8, 4) is 22.3 Å². The molecule has 0 spiro atoms. The molecule has 1 aliphatic rings. The number of fused-ring (bicyclic) bond motifs is 6. The molecular weight excluding hydrogens is 787 g/mol. The van der Waals surface area contributed by atoms with E-state index in [4.69, 9.17) is 0 Å². The number of nitrogens with zero attached hydrogens (tertiary/aromatic N) is 3. The fraction of sp³-hybridized carbons (Fsp3) is 0.0323. The summed E-state index contributed by atoms with van der Waals surface area (Å²) in [4.78, 5) is 7.15. The van der Waals surface area contributed by atoms with Crippen molar-refractivity contribution in [2.45, 2.75) is 12.8 Å². The van der Waals surface area contributed by atoms with Crippen molar-refractivity contribution in [2.24, 2.45) is 0 Å². The van der Waals surface area contributed by atoms with Gasteiger partial charge < -0.3 is 14.7 Å². The smallest absolute Gasteiger partial charge is 0.0503 e. The van der Waals surface area contributed by atoms with Crippen molar-refractivity contribution < 1.29 is 0 Å². The predicted octanol–water partition coefficient (Wildman–Crippen LogP) is 16.9. The molecule has 0 fully saturated rings. The zero-order chi connectivity index (χ0) is 43.4. The highest BCUT2D eigenvalue weighted by molar-refractivity contribution is 5.89. The molecule has 65 heavy (non-hydrogen) atoms. The van der Waals surface area contributed by atoms with Gasteiger partial charge in [0.2, 0.25) is 0 Å². The van der Waals surface area contributed by atoms with Crippen LogP contribution in [0.4, 0.5) is 51.2 Å². The highest BCUT2D eigenvalue weighted by Crippen LogP contribution is 2.46. The third-order valence-corrected chi connectivity index (χ3v) is 12.5. The Kier molecular flexibility index (Phi) is 10.8. The second-order valence-electron chi connectivity index (χ2n) is 16.5. The Hall–Kier alpha value is -8.40. The van der Waals surface area contributed by atoms with Gasteiger partial charge in [-0.2, -0.15) is 0 Å². The van der Waals surface area contributed by atoms with Crippen molar-refractivity contribution in [1.29, 1.82) is 0 Å². The molecule has 0 atom stereocenters. The first-order valence-electron chi connectivity index (χ1n) is 22.4. The van der Waals surface area contributed by atoms with Crippen LogP contribution < -0.4 is 14.7 Å². The Bertz CT molecular complexity index is 3180. The Morgan fingerprint density at radius 1 is 0.215 bits per heavy atom. The van der Waals surface area contributed by atoms with E-state index in [1.807, 2.05) is 0 Å². The van der Waals surface area contributed by atoms with Crippen LogP contribution in [-0.4, -0.2) is 0 Å². The molecule has 11 rings (SSSR count). The van der Waals surface area contributed by atoms with Crippen molar-refractivity contribution in [3.05, 3.63) is 283 Å². The topological polar surface area (TPSA) is 9.72 Å². The van der Waals surface area contributed by atoms with E-state index in [-0.39, 0.29) is 0 Å². The molecule has 0 N–H and O–H groups in total. The molecule has 0 unspecified atom stereocenters. The van der Waals surface area contributed by atoms with Gasteiger partial charge in [-0.3, -0.25) is 0 Å². The van der Waals surface area contributed by atoms with Gasteiger partial charge in [0.05, 0.1) is 5.69 Å². The highest BCUT2D eigenvalue weighted by atomic mass is 15.2. The van der Waals surface area contributed by atoms with Crippen LogP contribution in [0.25, 0.3) is 22.3 Å². The Balaban J connectivity index is 1.09. The monoisotopic (exact) mass is 833 g/mol. The van der Waals surface area contributed by atoms with Gasteiger partial charge in [-0.1, -0.05) is 170 Å². The van der Waals surface area contributed by atoms with Gasteiger partial charge in [0.15, 0.2) is 0 Å². The Morgan fingerprint density at radius 2 is 0.508 bits per heavy atom. The summed E-state index contributed by atoms with van der Waals surface area (Å²) in [6, 6.07) is 94.4. The van der Waals surface area contributed by atoms with Gasteiger partial charge >= 0.3 is 0 Å². The summed E-state index contributed by atoms with van der Waals surface area (Å²) < 4.78 is 0. The molecule has 3 heteroatoms. The van der Waals surface area contributed by atoms with Gasteiger partial charge in [-0.05, 0) is 142 Å². The number of hydrogen-bond acceptors (Lipinski definition) is 3. The molecule has 10 aromatic carbocycles. The number of benzene rings is 10. The fourth-order valence-corrected chi connectivity index (χ4v) is 9.60. The average Bonchev–Trinajstić information content (AvgIpc) is 3.37. The normalized spacial score (nSPS) is 11.6. The lowest BCUT2D eigenvalue weighted by atomic mass is 9.83. The molecule has 0 aromatic heterocycles. The lowest BCUT2D eigenvalue weighted by molar-refractivity contribution is 1.13. The first-order chi connectivity index (χ1) is 32.3. The van der Waals surface area contributed by atoms with Crippen LogP contribution in [0.15, 0.2) is 261 Å². The Morgan fingerprint density at radius 3 is 0.954 bits per heavy atom. The SMILES string of the molecule is c1ccc(N(c2ccccc2)c2cccc(N(c3ccccc3)c3cccc(N(c4ccccc4)c4cccc5c4Cc4ccccc4-c4ccccc4Cc4ccccc4-5)c3)c2)cc1. The number of para-hydroxylation sites is 4. The minimum absolute atomic E-state index is 0.760. The van der Waals surface area contributed by atoms with Gasteiger partial charge in [-0.25, -0.2) is 0 Å². The van der Waals surface area contributed by atoms with Gasteiger partial charge in [0.1, 0.15) is 0 Å². The van der Waals surface area contributed by atoms with Crippen molar-refractivity contribution >= 4 is 51.2 Å². The summed E-state index contributed by atoms with van der Waals surface area (Å²) in [5.74, 6) is 0. The van der Waals surface area contributed by atoms with Crippen molar-refractivity contribution in [2.75, 3.05) is 14.7 Å². The molecule has 0 heterocycles. The third-order valence-electron chi connectivity index (χ3n) is 12.5. The van der Waals surface area contributed by atoms with Crippen LogP contribution in [0.2, 0.25) is 0 Å². The second kappa shape index (κ2) is 17.8. The lowest BCUT2D eigenvalue weighted by Gasteiger charge is -2.32. The largest absolute Gasteiger partial charge is 0.310 e. The van der Waals surface area contributed by atoms with E-state index in [1.54, 1.807) is 0 Å². The lowest BCUT2D eigenvalue weighted by Crippen LogP contribution is -2.16. The molecule has 10 aromatic rings. The van der Waals surface area contributed by atoms with Crippen LogP contribution in [-0.2, 0) is 12.8 Å². The maximum Gasteiger partial charge on any atom is 0.0503 e. The summed E-state index contributed by atoms with van der Waals surface area (Å²) in [5, 5.41) is 0. The van der Waals surface area contributed by atoms with E-state index in [2.05, 4.69) is 276 Å². The van der Waals surface area contributed by atoms with Crippen molar-refractivity contribution in [3.63, 3.8) is 0 Å². The van der Waals surface area contributed by atoms with Crippen LogP contribution in [0, 0.1) is 0 Å². The summed E-state index contributed by atoms with van der Waals surface area (Å²) in [7, 11) is 0. The minimum atomic E-state index is 0.760. The molecule has 0 amide bonds. The van der Waals surface area contributed by atoms with Gasteiger partial charge in [0, 0.05) is 51.9 Å². The van der Waals surface area contributed by atoms with E-state index in [0.29, 0.717) is 0 Å². The summed E-state index contributed by atoms with van der Waals surface area (Å²) in [6.45, 7) is 0. The molecule has 0 bridgehead atoms. The summed E-state index contributed by atoms with van der Waals surface area (Å²) >= 11 is 0. The van der Waals surface area contributed by atoms with E-state index >= 15 is 0 Å². The number of rotatable bonds is 9. The predicted molar refractivity (Wildman–Crippen MR) is 273 cm³/mol. The average molecular weight is 834 g/mol. The molecule has 3 nitrogen and oxygen atoms in total. The zero-order valence-corrected chi connectivity index (χ0v) is 36.1. The molecule has 0 saturated heterocycles. The van der Waals surface area contributed by atoms with Gasteiger partial charge in [-0.15, -0.1) is 0 Å². The van der Waals surface area contributed by atoms with Gasteiger partial charge in [0.25, 0.3) is 0 Å². The van der Waals surface area contributed by atoms with E-state index < -0.39 is 0 Å². The molecule has 1 aliphatic carbocycles. The fourth-order valence-electron chi connectivity index (χ4n) is 9.60. The third kappa shape index (κ3) is 7.86. The first-order valence-corrected chi connectivity index (χ1v) is 22.4. The minimum Gasteiger partial charge on any atom is -0.310 e. The van der Waals surface area contributed by atoms with E-state index in [0.717, 1.165) is 64.0 Å². The van der Waals surface area contributed by atoms with Crippen LogP contribution in [0.1, 0.15) is 22.3 Å². The quantitative estimate of drug-likeness (QED) is 0.143. The summed E-state index contributed by atoms with van der Waals surface area (Å²) in [5.41, 5.74) is 20.1. The van der Waals surface area contributed by atoms with Crippen LogP contribution >= 0.6 is 0 Å². The van der Waals surface area contributed by atoms with E-state index in [9.17, 15) is 0 Å². The maximum atomic E-state index is 2.46. The first kappa shape index (κ1) is 39.4. The van der Waals surface area contributed by atoms with Crippen LogP contribution in [0.3, 0.4) is 0 Å². The molecule has 0 saturated carbocycles. The molecule has 310 valence electrons. The van der Waals surface area contributed by atoms with Crippen LogP contribution in [0.5, 0.6) is 0 Å². The Labute approximate surface area is 382 Å². The molecular formula is C62H47N3. The molecule has 0 aliphatic heterocycles. The highest BCUT2D eigenvalue weighted by Gasteiger charge is 2.25. The second-order valence-corrected chi connectivity index (χ2v) is 16.5.